The second-order valence-electron chi connectivity index (χ2n) is 7.57. The summed E-state index contributed by atoms with van der Waals surface area (Å²) in [6, 6.07) is 9.03. The Morgan fingerprint density at radius 1 is 1.29 bits per heavy atom. The monoisotopic (exact) mass is 423 g/mol. The summed E-state index contributed by atoms with van der Waals surface area (Å²) in [5.41, 5.74) is 12.4. The molecule has 0 bridgehead atoms. The van der Waals surface area contributed by atoms with Gasteiger partial charge in [0.1, 0.15) is 6.61 Å². The number of nitrogens with two attached hydrogens (primary N) is 2. The molecule has 0 amide bonds. The molecule has 3 aromatic rings. The number of anilines is 1. The van der Waals surface area contributed by atoms with E-state index in [4.69, 9.17) is 20.7 Å². The van der Waals surface area contributed by atoms with Crippen LogP contribution in [0.1, 0.15) is 27.0 Å². The highest BCUT2D eigenvalue weighted by Crippen LogP contribution is 2.26. The fraction of sp³-hybridized carbons (Fsp3) is 0.273. The van der Waals surface area contributed by atoms with Crippen molar-refractivity contribution in [3.8, 4) is 0 Å². The maximum Gasteiger partial charge on any atom is 0.419 e. The topological polar surface area (TPSA) is 129 Å². The van der Waals surface area contributed by atoms with Crippen LogP contribution in [-0.2, 0) is 24.8 Å². The molecule has 0 saturated heterocycles. The lowest BCUT2D eigenvalue weighted by molar-refractivity contribution is 0.0535. The average Bonchev–Trinajstić information content (AvgIpc) is 3.26. The number of carbonyl (C=O) groups excluding carboxylic acids is 1. The molecule has 2 heterocycles. The van der Waals surface area contributed by atoms with Crippen molar-refractivity contribution in [1.82, 2.24) is 9.88 Å². The molecular weight excluding hydrogens is 398 g/mol. The Labute approximate surface area is 178 Å². The summed E-state index contributed by atoms with van der Waals surface area (Å²) >= 11 is 0. The molecule has 0 atom stereocenters. The smallest absolute Gasteiger partial charge is 0.419 e. The first-order valence-electron chi connectivity index (χ1n) is 9.94. The van der Waals surface area contributed by atoms with Gasteiger partial charge in [-0.3, -0.25) is 9.58 Å². The van der Waals surface area contributed by atoms with Crippen LogP contribution in [0.3, 0.4) is 0 Å². The van der Waals surface area contributed by atoms with Gasteiger partial charge < -0.3 is 20.2 Å². The molecule has 31 heavy (non-hydrogen) atoms. The molecule has 2 aromatic carbocycles. The zero-order chi connectivity index (χ0) is 22.1. The lowest BCUT2D eigenvalue weighted by Crippen LogP contribution is -2.29. The number of fused-ring (bicyclic) bond motifs is 2. The van der Waals surface area contributed by atoms with Crippen molar-refractivity contribution in [2.75, 3.05) is 18.1 Å². The number of ether oxygens (including phenoxy) is 1. The third-order valence-electron chi connectivity index (χ3n) is 5.56. The van der Waals surface area contributed by atoms with Gasteiger partial charge in [0.2, 0.25) is 0 Å². The van der Waals surface area contributed by atoms with E-state index in [-0.39, 0.29) is 5.97 Å². The van der Waals surface area contributed by atoms with Crippen LogP contribution in [-0.4, -0.2) is 23.6 Å². The predicted molar refractivity (Wildman–Crippen MR) is 117 cm³/mol. The van der Waals surface area contributed by atoms with Crippen molar-refractivity contribution in [3.05, 3.63) is 75.0 Å². The Bertz CT molecular complexity index is 1240. The number of esters is 1. The first-order valence-corrected chi connectivity index (χ1v) is 9.94. The Balaban J connectivity index is 1.34. The number of aromatic nitrogens is 1. The van der Waals surface area contributed by atoms with E-state index in [0.717, 1.165) is 24.1 Å². The summed E-state index contributed by atoms with van der Waals surface area (Å²) in [4.78, 5) is 23.3. The number of hydrogen-bond acceptors (Lipinski definition) is 8. The fourth-order valence-corrected chi connectivity index (χ4v) is 3.70. The second kappa shape index (κ2) is 8.29. The molecule has 0 unspecified atom stereocenters. The number of oxazole rings is 1. The molecule has 1 aliphatic heterocycles. The number of cyclic esters (lactones) is 1. The summed E-state index contributed by atoms with van der Waals surface area (Å²) in [6.07, 6.45) is 2.44. The maximum atomic E-state index is 11.6. The number of aryl methyl sites for hydroxylation is 1. The zero-order valence-electron chi connectivity index (χ0n) is 17.5. The van der Waals surface area contributed by atoms with Gasteiger partial charge in [0.25, 0.3) is 0 Å². The number of rotatable bonds is 7. The molecule has 0 saturated carbocycles. The highest BCUT2D eigenvalue weighted by molar-refractivity contribution is 5.93. The van der Waals surface area contributed by atoms with E-state index in [1.807, 2.05) is 19.1 Å². The minimum atomic E-state index is -0.423. The summed E-state index contributed by atoms with van der Waals surface area (Å²) in [5.74, 6) is 5.44. The molecule has 0 fully saturated rings. The molecule has 5 N–H and O–H groups in total. The van der Waals surface area contributed by atoms with Crippen molar-refractivity contribution in [2.45, 2.75) is 20.0 Å². The third-order valence-corrected chi connectivity index (χ3v) is 5.56. The van der Waals surface area contributed by atoms with Crippen molar-refractivity contribution >= 4 is 22.8 Å². The molecule has 1 aromatic heterocycles. The molecule has 0 aliphatic carbocycles. The molecule has 9 heteroatoms. The molecule has 0 radical (unpaired) electrons. The number of nitrogens with one attached hydrogen (secondary N) is 1. The van der Waals surface area contributed by atoms with Crippen LogP contribution in [0.15, 0.2) is 51.4 Å². The second-order valence-corrected chi connectivity index (χ2v) is 7.57. The van der Waals surface area contributed by atoms with Gasteiger partial charge in [0.15, 0.2) is 5.58 Å². The van der Waals surface area contributed by atoms with Gasteiger partial charge in [-0.2, -0.15) is 0 Å². The minimum absolute atomic E-state index is 0.249. The van der Waals surface area contributed by atoms with E-state index in [9.17, 15) is 9.59 Å². The van der Waals surface area contributed by atoms with Crippen LogP contribution in [0.25, 0.3) is 11.1 Å². The van der Waals surface area contributed by atoms with E-state index in [2.05, 4.69) is 5.32 Å². The number of hydrogen-bond donors (Lipinski definition) is 3. The summed E-state index contributed by atoms with van der Waals surface area (Å²) in [6.45, 7) is 3.55. The largest absolute Gasteiger partial charge is 0.457 e. The molecular formula is C22H25N5O4. The molecule has 162 valence electrons. The fourth-order valence-electron chi connectivity index (χ4n) is 3.70. The molecule has 4 rings (SSSR count). The summed E-state index contributed by atoms with van der Waals surface area (Å²) in [5, 5.41) is 4.71. The van der Waals surface area contributed by atoms with Crippen LogP contribution in [0.4, 0.5) is 5.69 Å². The SMILES string of the molecule is Cc1c(CCNC/C(N)=C/N(N)c2ccc3oc(=O)n(C)c3c2)ccc2c1COC2=O. The normalized spacial score (nSPS) is 13.5. The standard InChI is InChI=1S/C22H25N5O4/c1-13-14(3-5-17-18(13)12-30-21(17)28)7-8-25-10-15(23)11-27(24)16-4-6-20-19(9-16)26(2)22(29)31-20/h3-6,9,11,25H,7-8,10,12,23-24H2,1-2H3/b15-11-. The van der Waals surface area contributed by atoms with Crippen molar-refractivity contribution < 1.29 is 13.9 Å². The highest BCUT2D eigenvalue weighted by atomic mass is 16.5. The van der Waals surface area contributed by atoms with Gasteiger partial charge in [-0.1, -0.05) is 6.07 Å². The Hall–Kier alpha value is -3.56. The molecule has 0 spiro atoms. The number of hydrazine groups is 1. The number of carbonyl (C=O) groups is 1. The first kappa shape index (κ1) is 20.7. The number of nitrogens with zero attached hydrogens (tertiary/aromatic N) is 2. The molecule has 9 nitrogen and oxygen atoms in total. The Morgan fingerprint density at radius 2 is 2.10 bits per heavy atom. The van der Waals surface area contributed by atoms with E-state index in [1.165, 1.54) is 15.1 Å². The first-order chi connectivity index (χ1) is 14.8. The van der Waals surface area contributed by atoms with Crippen molar-refractivity contribution in [2.24, 2.45) is 18.6 Å². The molecule has 1 aliphatic rings. The highest BCUT2D eigenvalue weighted by Gasteiger charge is 2.23. The lowest BCUT2D eigenvalue weighted by atomic mass is 9.97. The van der Waals surface area contributed by atoms with Gasteiger partial charge in [0, 0.05) is 31.1 Å². The predicted octanol–water partition coefficient (Wildman–Crippen LogP) is 1.42. The lowest BCUT2D eigenvalue weighted by Gasteiger charge is -2.16. The van der Waals surface area contributed by atoms with E-state index < -0.39 is 5.76 Å². The van der Waals surface area contributed by atoms with Gasteiger partial charge in [-0.15, -0.1) is 0 Å². The van der Waals surface area contributed by atoms with Crippen LogP contribution in [0.5, 0.6) is 0 Å². The average molecular weight is 423 g/mol. The van der Waals surface area contributed by atoms with Crippen LogP contribution >= 0.6 is 0 Å². The van der Waals surface area contributed by atoms with Crippen LogP contribution in [0.2, 0.25) is 0 Å². The summed E-state index contributed by atoms with van der Waals surface area (Å²) < 4.78 is 11.7. The third kappa shape index (κ3) is 4.05. The van der Waals surface area contributed by atoms with Gasteiger partial charge in [-0.05, 0) is 55.3 Å². The van der Waals surface area contributed by atoms with Gasteiger partial charge in [-0.25, -0.2) is 15.4 Å². The van der Waals surface area contributed by atoms with E-state index >= 15 is 0 Å². The summed E-state index contributed by atoms with van der Waals surface area (Å²) in [7, 11) is 1.64. The van der Waals surface area contributed by atoms with Crippen molar-refractivity contribution in [1.29, 1.82) is 0 Å². The Morgan fingerprint density at radius 3 is 2.90 bits per heavy atom. The number of benzene rings is 2. The quantitative estimate of drug-likeness (QED) is 0.225. The Kier molecular flexibility index (Phi) is 5.53. The minimum Gasteiger partial charge on any atom is -0.457 e. The van der Waals surface area contributed by atoms with Crippen LogP contribution < -0.4 is 27.7 Å². The van der Waals surface area contributed by atoms with Crippen LogP contribution in [0, 0.1) is 6.92 Å². The maximum absolute atomic E-state index is 11.6. The van der Waals surface area contributed by atoms with Gasteiger partial charge >= 0.3 is 11.7 Å². The van der Waals surface area contributed by atoms with Crippen molar-refractivity contribution in [3.63, 3.8) is 0 Å². The van der Waals surface area contributed by atoms with Gasteiger partial charge in [0.05, 0.1) is 16.8 Å². The zero-order valence-corrected chi connectivity index (χ0v) is 17.5. The van der Waals surface area contributed by atoms with E-state index in [0.29, 0.717) is 41.2 Å². The van der Waals surface area contributed by atoms with E-state index in [1.54, 1.807) is 31.4 Å².